The molecular formula is C19H20N6O2. The van der Waals surface area contributed by atoms with Gasteiger partial charge in [-0.15, -0.1) is 0 Å². The molecule has 0 spiro atoms. The lowest BCUT2D eigenvalue weighted by Crippen LogP contribution is -2.35. The van der Waals surface area contributed by atoms with Crippen LogP contribution in [-0.2, 0) is 13.0 Å². The number of nitrogens with one attached hydrogen (secondary N) is 2. The van der Waals surface area contributed by atoms with Crippen molar-refractivity contribution in [3.05, 3.63) is 59.6 Å². The number of benzene rings is 1. The molecule has 2 N–H and O–H groups in total. The van der Waals surface area contributed by atoms with Gasteiger partial charge in [0.25, 0.3) is 0 Å². The maximum atomic E-state index is 12.4. The summed E-state index contributed by atoms with van der Waals surface area (Å²) in [6.07, 6.45) is 3.72. The SMILES string of the molecule is CC(NC(=O)N=C1Cc2[nH]nc(-c3cnoc3)c2CN1C)c1ccccc1. The minimum atomic E-state index is -0.351. The normalized spacial score (nSPS) is 16.2. The fourth-order valence-electron chi connectivity index (χ4n) is 3.18. The summed E-state index contributed by atoms with van der Waals surface area (Å²) in [6, 6.07) is 9.35. The molecule has 8 heteroatoms. The van der Waals surface area contributed by atoms with Gasteiger partial charge in [-0.1, -0.05) is 35.5 Å². The average molecular weight is 364 g/mol. The van der Waals surface area contributed by atoms with Crippen LogP contribution in [0.5, 0.6) is 0 Å². The average Bonchev–Trinajstić information content (AvgIpc) is 3.32. The van der Waals surface area contributed by atoms with Crippen molar-refractivity contribution in [3.63, 3.8) is 0 Å². The van der Waals surface area contributed by atoms with Gasteiger partial charge >= 0.3 is 6.03 Å². The third kappa shape index (κ3) is 3.46. The van der Waals surface area contributed by atoms with Gasteiger partial charge in [0, 0.05) is 31.3 Å². The number of carbonyl (C=O) groups excluding carboxylic acids is 1. The van der Waals surface area contributed by atoms with Gasteiger partial charge in [-0.25, -0.2) is 4.79 Å². The number of rotatable bonds is 3. The third-order valence-corrected chi connectivity index (χ3v) is 4.70. The molecule has 1 aliphatic heterocycles. The minimum Gasteiger partial charge on any atom is -0.364 e. The van der Waals surface area contributed by atoms with Crippen molar-refractivity contribution in [2.75, 3.05) is 7.05 Å². The Morgan fingerprint density at radius 3 is 2.93 bits per heavy atom. The monoisotopic (exact) mass is 364 g/mol. The molecule has 0 radical (unpaired) electrons. The van der Waals surface area contributed by atoms with Gasteiger partial charge in [-0.05, 0) is 12.5 Å². The van der Waals surface area contributed by atoms with E-state index < -0.39 is 0 Å². The van der Waals surface area contributed by atoms with E-state index in [-0.39, 0.29) is 12.1 Å². The molecule has 3 aromatic rings. The number of urea groups is 1. The fourth-order valence-corrected chi connectivity index (χ4v) is 3.18. The second-order valence-corrected chi connectivity index (χ2v) is 6.59. The summed E-state index contributed by atoms with van der Waals surface area (Å²) in [4.78, 5) is 18.6. The smallest absolute Gasteiger partial charge is 0.343 e. The van der Waals surface area contributed by atoms with E-state index in [1.807, 2.05) is 49.2 Å². The molecule has 8 nitrogen and oxygen atoms in total. The number of carbonyl (C=O) groups is 1. The Morgan fingerprint density at radius 2 is 2.19 bits per heavy atom. The van der Waals surface area contributed by atoms with Gasteiger partial charge in [0.2, 0.25) is 0 Å². The Bertz CT molecular complexity index is 962. The molecule has 1 atom stereocenters. The number of aromatic nitrogens is 3. The van der Waals surface area contributed by atoms with E-state index >= 15 is 0 Å². The summed E-state index contributed by atoms with van der Waals surface area (Å²) in [5, 5.41) is 14.1. The van der Waals surface area contributed by atoms with Crippen molar-refractivity contribution in [3.8, 4) is 11.3 Å². The van der Waals surface area contributed by atoms with Crippen LogP contribution in [0.25, 0.3) is 11.3 Å². The summed E-state index contributed by atoms with van der Waals surface area (Å²) in [6.45, 7) is 2.54. The molecular weight excluding hydrogens is 344 g/mol. The van der Waals surface area contributed by atoms with Crippen molar-refractivity contribution < 1.29 is 9.32 Å². The first-order valence-corrected chi connectivity index (χ1v) is 8.72. The lowest BCUT2D eigenvalue weighted by atomic mass is 10.0. The van der Waals surface area contributed by atoms with Crippen LogP contribution in [0.15, 0.2) is 52.3 Å². The predicted molar refractivity (Wildman–Crippen MR) is 100 cm³/mol. The maximum Gasteiger partial charge on any atom is 0.343 e. The molecule has 0 aliphatic carbocycles. The highest BCUT2D eigenvalue weighted by molar-refractivity contribution is 5.96. The summed E-state index contributed by atoms with van der Waals surface area (Å²) < 4.78 is 4.91. The van der Waals surface area contributed by atoms with Crippen molar-refractivity contribution in [2.45, 2.75) is 25.9 Å². The van der Waals surface area contributed by atoms with Crippen LogP contribution in [-0.4, -0.2) is 39.2 Å². The molecule has 0 saturated carbocycles. The Morgan fingerprint density at radius 1 is 1.37 bits per heavy atom. The van der Waals surface area contributed by atoms with Gasteiger partial charge in [0.1, 0.15) is 17.8 Å². The number of nitrogens with zero attached hydrogens (tertiary/aromatic N) is 4. The van der Waals surface area contributed by atoms with E-state index in [0.717, 1.165) is 28.1 Å². The summed E-state index contributed by atoms with van der Waals surface area (Å²) in [5.41, 5.74) is 4.71. The quantitative estimate of drug-likeness (QED) is 0.744. The molecule has 0 bridgehead atoms. The molecule has 4 rings (SSSR count). The zero-order valence-electron chi connectivity index (χ0n) is 15.1. The van der Waals surface area contributed by atoms with E-state index in [1.54, 1.807) is 12.5 Å². The number of aliphatic imine (C=N–C) groups is 1. The fraction of sp³-hybridized carbons (Fsp3) is 0.263. The molecule has 1 aromatic carbocycles. The van der Waals surface area contributed by atoms with Gasteiger partial charge in [0.05, 0.1) is 17.8 Å². The predicted octanol–water partition coefficient (Wildman–Crippen LogP) is 2.92. The molecule has 1 aliphatic rings. The number of fused-ring (bicyclic) bond motifs is 1. The highest BCUT2D eigenvalue weighted by Gasteiger charge is 2.26. The molecule has 138 valence electrons. The summed E-state index contributed by atoms with van der Waals surface area (Å²) >= 11 is 0. The zero-order chi connectivity index (χ0) is 18.8. The van der Waals surface area contributed by atoms with E-state index in [2.05, 4.69) is 25.7 Å². The van der Waals surface area contributed by atoms with Crippen LogP contribution in [0.3, 0.4) is 0 Å². The third-order valence-electron chi connectivity index (χ3n) is 4.70. The molecule has 3 heterocycles. The van der Waals surface area contributed by atoms with Gasteiger partial charge in [-0.2, -0.15) is 10.1 Å². The Balaban J connectivity index is 1.49. The number of likely N-dealkylation sites (N-methyl/N-ethyl adjacent to an activating group) is 1. The number of aromatic amines is 1. The van der Waals surface area contributed by atoms with Crippen molar-refractivity contribution in [2.24, 2.45) is 4.99 Å². The number of amides is 2. The van der Waals surface area contributed by atoms with Crippen LogP contribution in [0.4, 0.5) is 4.79 Å². The Kier molecular flexibility index (Phi) is 4.45. The molecule has 27 heavy (non-hydrogen) atoms. The van der Waals surface area contributed by atoms with Crippen LogP contribution in [0.1, 0.15) is 29.8 Å². The molecule has 0 fully saturated rings. The molecule has 0 saturated heterocycles. The highest BCUT2D eigenvalue weighted by atomic mass is 16.5. The first-order chi connectivity index (χ1) is 13.1. The number of H-pyrrole nitrogens is 1. The van der Waals surface area contributed by atoms with E-state index in [9.17, 15) is 4.79 Å². The summed E-state index contributed by atoms with van der Waals surface area (Å²) in [5.74, 6) is 0.695. The van der Waals surface area contributed by atoms with Crippen LogP contribution >= 0.6 is 0 Å². The van der Waals surface area contributed by atoms with E-state index in [1.165, 1.54) is 0 Å². The Hall–Kier alpha value is -3.42. The number of hydrogen-bond donors (Lipinski definition) is 2. The first kappa shape index (κ1) is 17.0. The van der Waals surface area contributed by atoms with Gasteiger partial charge in [0.15, 0.2) is 0 Å². The summed E-state index contributed by atoms with van der Waals surface area (Å²) in [7, 11) is 1.92. The second kappa shape index (κ2) is 7.06. The number of hydrogen-bond acceptors (Lipinski definition) is 4. The van der Waals surface area contributed by atoms with Gasteiger partial charge in [-0.3, -0.25) is 5.10 Å². The zero-order valence-corrected chi connectivity index (χ0v) is 15.1. The van der Waals surface area contributed by atoms with Crippen LogP contribution < -0.4 is 5.32 Å². The maximum absolute atomic E-state index is 12.4. The van der Waals surface area contributed by atoms with Crippen LogP contribution in [0, 0.1) is 0 Å². The minimum absolute atomic E-state index is 0.111. The molecule has 2 amide bonds. The lowest BCUT2D eigenvalue weighted by Gasteiger charge is -2.26. The van der Waals surface area contributed by atoms with Gasteiger partial charge < -0.3 is 14.7 Å². The highest BCUT2D eigenvalue weighted by Crippen LogP contribution is 2.28. The lowest BCUT2D eigenvalue weighted by molar-refractivity contribution is 0.246. The van der Waals surface area contributed by atoms with E-state index in [0.29, 0.717) is 18.8 Å². The number of amidine groups is 1. The Labute approximate surface area is 156 Å². The van der Waals surface area contributed by atoms with E-state index in [4.69, 9.17) is 4.52 Å². The first-order valence-electron chi connectivity index (χ1n) is 8.72. The van der Waals surface area contributed by atoms with Crippen LogP contribution in [0.2, 0.25) is 0 Å². The topological polar surface area (TPSA) is 99.4 Å². The standard InChI is InChI=1S/C19H20N6O2/c1-12(13-6-4-3-5-7-13)21-19(26)22-17-8-16-15(10-25(17)2)18(24-23-16)14-9-20-27-11-14/h3-7,9,11-12H,8,10H2,1-2H3,(H,21,26)(H,23,24). The molecule has 2 aromatic heterocycles. The van der Waals surface area contributed by atoms with Crippen molar-refractivity contribution >= 4 is 11.9 Å². The van der Waals surface area contributed by atoms with Crippen molar-refractivity contribution in [1.82, 2.24) is 25.6 Å². The van der Waals surface area contributed by atoms with Crippen molar-refractivity contribution in [1.29, 1.82) is 0 Å². The second-order valence-electron chi connectivity index (χ2n) is 6.59. The largest absolute Gasteiger partial charge is 0.364 e. The molecule has 1 unspecified atom stereocenters.